The van der Waals surface area contributed by atoms with Crippen LogP contribution in [-0.4, -0.2) is 21.7 Å². The minimum absolute atomic E-state index is 0.139. The van der Waals surface area contributed by atoms with Gasteiger partial charge >= 0.3 is 0 Å². The van der Waals surface area contributed by atoms with Crippen molar-refractivity contribution in [1.82, 2.24) is 4.98 Å². The Morgan fingerprint density at radius 1 is 0.857 bits per heavy atom. The molecule has 6 nitrogen and oxygen atoms in total. The molecule has 106 valence electrons. The fraction of sp³-hybridized carbons (Fsp3) is 0. The molecule has 3 rings (SSSR count). The molecule has 6 heteroatoms. The number of hydrogen-bond donors (Lipinski definition) is 3. The Hall–Kier alpha value is -3.15. The average molecular weight is 283 g/mol. The molecule has 1 aliphatic rings. The van der Waals surface area contributed by atoms with Crippen LogP contribution in [-0.2, 0) is 4.79 Å². The number of aliphatic hydroxyl groups is 1. The second kappa shape index (κ2) is 5.87. The van der Waals surface area contributed by atoms with Gasteiger partial charge in [0.05, 0.1) is 0 Å². The number of pyridine rings is 1. The number of aromatic nitrogens is 1. The second-order valence-corrected chi connectivity index (χ2v) is 4.26. The number of nitrogens with zero attached hydrogens (tertiary/aromatic N) is 1. The van der Waals surface area contributed by atoms with E-state index in [0.29, 0.717) is 17.2 Å². The lowest BCUT2D eigenvalue weighted by Crippen LogP contribution is -2.18. The smallest absolute Gasteiger partial charge is 0.233 e. The Bertz CT molecular complexity index is 721. The first kappa shape index (κ1) is 14.3. The van der Waals surface area contributed by atoms with Crippen LogP contribution in [0.15, 0.2) is 48.5 Å². The third-order valence-electron chi connectivity index (χ3n) is 2.73. The number of nitrogens with two attached hydrogens (primary N) is 2. The van der Waals surface area contributed by atoms with Crippen LogP contribution in [0.2, 0.25) is 0 Å². The summed E-state index contributed by atoms with van der Waals surface area (Å²) in [6, 6.07) is 11.6. The molecular weight excluding hydrogens is 270 g/mol. The summed E-state index contributed by atoms with van der Waals surface area (Å²) in [5.74, 6) is -0.445. The summed E-state index contributed by atoms with van der Waals surface area (Å²) in [6.07, 6.45) is 0.949. The van der Waals surface area contributed by atoms with E-state index in [1.165, 1.54) is 6.07 Å². The normalized spacial score (nSPS) is 12.9. The quantitative estimate of drug-likeness (QED) is 0.632. The highest BCUT2D eigenvalue weighted by atomic mass is 16.3. The number of allylic oxidation sites excluding steroid dienone is 1. The van der Waals surface area contributed by atoms with Gasteiger partial charge in [0.2, 0.25) is 11.6 Å². The van der Waals surface area contributed by atoms with Crippen molar-refractivity contribution < 1.29 is 14.7 Å². The summed E-state index contributed by atoms with van der Waals surface area (Å²) < 4.78 is 0. The van der Waals surface area contributed by atoms with E-state index in [1.807, 2.05) is 0 Å². The number of carbonyl (C=O) groups is 2. The zero-order valence-electron chi connectivity index (χ0n) is 11.0. The molecular formula is C15H13N3O3. The molecule has 0 spiro atoms. The van der Waals surface area contributed by atoms with E-state index in [1.54, 1.807) is 36.4 Å². The van der Waals surface area contributed by atoms with E-state index in [0.717, 1.165) is 6.08 Å². The molecule has 0 saturated carbocycles. The van der Waals surface area contributed by atoms with Crippen molar-refractivity contribution in [2.24, 2.45) is 0 Å². The van der Waals surface area contributed by atoms with Gasteiger partial charge in [-0.15, -0.1) is 0 Å². The number of ketones is 2. The number of benzene rings is 1. The Kier molecular flexibility index (Phi) is 3.99. The van der Waals surface area contributed by atoms with Crippen molar-refractivity contribution >= 4 is 29.0 Å². The van der Waals surface area contributed by atoms with Crippen molar-refractivity contribution in [3.8, 4) is 0 Å². The molecule has 0 fully saturated rings. The van der Waals surface area contributed by atoms with Crippen LogP contribution in [0, 0.1) is 0 Å². The highest BCUT2D eigenvalue weighted by Gasteiger charge is 2.24. The molecule has 0 aliphatic heterocycles. The maximum atomic E-state index is 11.3. The summed E-state index contributed by atoms with van der Waals surface area (Å²) in [5.41, 5.74) is 11.2. The van der Waals surface area contributed by atoms with E-state index in [9.17, 15) is 14.7 Å². The molecule has 5 N–H and O–H groups in total. The Morgan fingerprint density at radius 3 is 1.95 bits per heavy atom. The molecule has 1 aliphatic carbocycles. The molecule has 0 bridgehead atoms. The summed E-state index contributed by atoms with van der Waals surface area (Å²) >= 11 is 0. The van der Waals surface area contributed by atoms with Crippen LogP contribution in [0.1, 0.15) is 15.9 Å². The predicted molar refractivity (Wildman–Crippen MR) is 79.4 cm³/mol. The Balaban J connectivity index is 0.000000173. The lowest BCUT2D eigenvalue weighted by molar-refractivity contribution is -0.111. The predicted octanol–water partition coefficient (Wildman–Crippen LogP) is 1.60. The van der Waals surface area contributed by atoms with Crippen LogP contribution in [0.25, 0.3) is 5.76 Å². The van der Waals surface area contributed by atoms with Crippen molar-refractivity contribution in [3.05, 3.63) is 59.7 Å². The zero-order chi connectivity index (χ0) is 15.4. The van der Waals surface area contributed by atoms with Crippen LogP contribution >= 0.6 is 0 Å². The topological polar surface area (TPSA) is 119 Å². The number of hydrogen-bond acceptors (Lipinski definition) is 6. The van der Waals surface area contributed by atoms with E-state index < -0.39 is 11.6 Å². The van der Waals surface area contributed by atoms with Crippen LogP contribution in [0.5, 0.6) is 0 Å². The van der Waals surface area contributed by atoms with Crippen molar-refractivity contribution in [3.63, 3.8) is 0 Å². The number of anilines is 2. The number of fused-ring (bicyclic) bond motifs is 1. The highest BCUT2D eigenvalue weighted by Crippen LogP contribution is 2.22. The second-order valence-electron chi connectivity index (χ2n) is 4.26. The van der Waals surface area contributed by atoms with Gasteiger partial charge in [0.25, 0.3) is 0 Å². The van der Waals surface area contributed by atoms with Gasteiger partial charge in [-0.05, 0) is 12.1 Å². The molecule has 0 unspecified atom stereocenters. The lowest BCUT2D eigenvalue weighted by atomic mass is 9.94. The number of carbonyl (C=O) groups excluding carboxylic acids is 2. The molecule has 1 aromatic carbocycles. The molecule has 1 heterocycles. The van der Waals surface area contributed by atoms with Gasteiger partial charge < -0.3 is 16.6 Å². The van der Waals surface area contributed by atoms with Crippen molar-refractivity contribution in [2.45, 2.75) is 0 Å². The standard InChI is InChI=1S/C10H6O3.C5H7N3/c11-8-5-9(12)10(13)7-4-2-1-3-6(7)8;6-4-2-1-3-5(7)8-4/h1-5,11H;1-3H,(H4,6,7,8). The number of nitrogen functional groups attached to an aromatic ring is 2. The number of aliphatic hydroxyl groups excluding tert-OH is 1. The molecule has 0 saturated heterocycles. The molecule has 1 aromatic heterocycles. The van der Waals surface area contributed by atoms with Crippen LogP contribution in [0.4, 0.5) is 11.6 Å². The van der Waals surface area contributed by atoms with E-state index >= 15 is 0 Å². The van der Waals surface area contributed by atoms with E-state index in [2.05, 4.69) is 4.98 Å². The first-order valence-electron chi connectivity index (χ1n) is 6.06. The molecule has 21 heavy (non-hydrogen) atoms. The number of Topliss-reactive ketones (excluding diaryl/α,β-unsaturated/α-hetero) is 1. The van der Waals surface area contributed by atoms with E-state index in [-0.39, 0.29) is 11.3 Å². The third kappa shape index (κ3) is 3.24. The van der Waals surface area contributed by atoms with Gasteiger partial charge in [0.15, 0.2) is 0 Å². The van der Waals surface area contributed by atoms with Gasteiger partial charge in [0, 0.05) is 17.2 Å². The van der Waals surface area contributed by atoms with Gasteiger partial charge in [-0.2, -0.15) is 0 Å². The summed E-state index contributed by atoms with van der Waals surface area (Å²) in [6.45, 7) is 0. The molecule has 0 amide bonds. The van der Waals surface area contributed by atoms with E-state index in [4.69, 9.17) is 11.5 Å². The van der Waals surface area contributed by atoms with Crippen molar-refractivity contribution in [2.75, 3.05) is 11.5 Å². The minimum atomic E-state index is -0.670. The minimum Gasteiger partial charge on any atom is -0.507 e. The number of rotatable bonds is 0. The summed E-state index contributed by atoms with van der Waals surface area (Å²) in [4.78, 5) is 26.0. The zero-order valence-corrected chi connectivity index (χ0v) is 11.0. The first-order valence-corrected chi connectivity index (χ1v) is 6.06. The fourth-order valence-electron chi connectivity index (χ4n) is 1.77. The molecule has 0 atom stereocenters. The van der Waals surface area contributed by atoms with Crippen molar-refractivity contribution in [1.29, 1.82) is 0 Å². The monoisotopic (exact) mass is 283 g/mol. The molecule has 0 radical (unpaired) electrons. The van der Waals surface area contributed by atoms with Gasteiger partial charge in [-0.3, -0.25) is 9.59 Å². The Morgan fingerprint density at radius 2 is 1.43 bits per heavy atom. The van der Waals surface area contributed by atoms with Crippen LogP contribution < -0.4 is 11.5 Å². The van der Waals surface area contributed by atoms with Gasteiger partial charge in [0.1, 0.15) is 17.4 Å². The van der Waals surface area contributed by atoms with Gasteiger partial charge in [-0.25, -0.2) is 4.98 Å². The fourth-order valence-corrected chi connectivity index (χ4v) is 1.77. The lowest BCUT2D eigenvalue weighted by Gasteiger charge is -2.10. The first-order chi connectivity index (χ1) is 9.99. The third-order valence-corrected chi connectivity index (χ3v) is 2.73. The summed E-state index contributed by atoms with van der Waals surface area (Å²) in [7, 11) is 0. The van der Waals surface area contributed by atoms with Gasteiger partial charge in [-0.1, -0.05) is 30.3 Å². The highest BCUT2D eigenvalue weighted by molar-refractivity contribution is 6.50. The summed E-state index contributed by atoms with van der Waals surface area (Å²) in [5, 5.41) is 9.34. The average Bonchev–Trinajstić information content (AvgIpc) is 2.45. The Labute approximate surface area is 120 Å². The van der Waals surface area contributed by atoms with Crippen LogP contribution in [0.3, 0.4) is 0 Å². The maximum Gasteiger partial charge on any atom is 0.233 e. The molecule has 2 aromatic rings. The maximum absolute atomic E-state index is 11.3. The largest absolute Gasteiger partial charge is 0.507 e. The SMILES string of the molecule is Nc1cccc(N)n1.O=C1C=C(O)c2ccccc2C1=O.